The van der Waals surface area contributed by atoms with E-state index < -0.39 is 33.6 Å². The lowest BCUT2D eigenvalue weighted by Crippen LogP contribution is -2.33. The van der Waals surface area contributed by atoms with Gasteiger partial charge in [-0.15, -0.1) is 0 Å². The first-order valence-corrected chi connectivity index (χ1v) is 13.5. The molecule has 0 radical (unpaired) electrons. The van der Waals surface area contributed by atoms with E-state index in [4.69, 9.17) is 14.2 Å². The number of benzene rings is 2. The molecule has 10 heteroatoms. The fourth-order valence-corrected chi connectivity index (χ4v) is 5.82. The van der Waals surface area contributed by atoms with E-state index in [1.54, 1.807) is 0 Å². The van der Waals surface area contributed by atoms with Crippen LogP contribution in [-0.4, -0.2) is 62.5 Å². The van der Waals surface area contributed by atoms with Crippen molar-refractivity contribution in [1.82, 2.24) is 4.90 Å². The topological polar surface area (TPSA) is 119 Å². The van der Waals surface area contributed by atoms with Gasteiger partial charge >= 0.3 is 12.1 Å². The van der Waals surface area contributed by atoms with E-state index in [1.165, 1.54) is 37.3 Å². The Hall–Kier alpha value is -3.27. The van der Waals surface area contributed by atoms with Gasteiger partial charge < -0.3 is 24.2 Å². The van der Waals surface area contributed by atoms with Crippen molar-refractivity contribution >= 4 is 21.9 Å². The maximum absolute atomic E-state index is 13.5. The van der Waals surface area contributed by atoms with Gasteiger partial charge in [-0.05, 0) is 49.8 Å². The summed E-state index contributed by atoms with van der Waals surface area (Å²) in [6.45, 7) is 0.0862. The molecular weight excluding hydrogens is 486 g/mol. The number of aliphatic carboxylic acids is 1. The van der Waals surface area contributed by atoms with E-state index in [0.717, 1.165) is 31.2 Å². The van der Waals surface area contributed by atoms with Crippen LogP contribution in [0.1, 0.15) is 44.1 Å². The van der Waals surface area contributed by atoms with Gasteiger partial charge in [-0.1, -0.05) is 30.3 Å². The van der Waals surface area contributed by atoms with Crippen molar-refractivity contribution in [2.75, 3.05) is 20.7 Å². The third kappa shape index (κ3) is 7.36. The number of nitrogens with zero attached hydrogens (tertiary/aromatic N) is 1. The van der Waals surface area contributed by atoms with Crippen LogP contribution in [0.25, 0.3) is 0 Å². The summed E-state index contributed by atoms with van der Waals surface area (Å²) in [5, 5.41) is 8.15. The van der Waals surface area contributed by atoms with Crippen molar-refractivity contribution in [3.63, 3.8) is 0 Å². The molecule has 196 valence electrons. The number of carbonyl (C=O) groups excluding carboxylic acids is 1. The fraction of sp³-hybridized carbons (Fsp3) is 0.462. The summed E-state index contributed by atoms with van der Waals surface area (Å²) in [4.78, 5) is 25.1. The number of hydrogen-bond acceptors (Lipinski definition) is 7. The molecule has 1 amide bonds. The number of sulfone groups is 1. The van der Waals surface area contributed by atoms with Gasteiger partial charge in [0.2, 0.25) is 0 Å². The minimum absolute atomic E-state index is 0.00633. The molecule has 2 aromatic rings. The van der Waals surface area contributed by atoms with Gasteiger partial charge in [0.05, 0.1) is 29.8 Å². The molecule has 1 aliphatic carbocycles. The zero-order valence-electron chi connectivity index (χ0n) is 20.6. The Balaban J connectivity index is 1.71. The van der Waals surface area contributed by atoms with Gasteiger partial charge in [-0.25, -0.2) is 13.2 Å². The molecule has 1 unspecified atom stereocenters. The van der Waals surface area contributed by atoms with Crippen LogP contribution in [0.2, 0.25) is 0 Å². The van der Waals surface area contributed by atoms with Crippen LogP contribution in [0, 0.1) is 0 Å². The molecule has 9 nitrogen and oxygen atoms in total. The van der Waals surface area contributed by atoms with Crippen molar-refractivity contribution in [2.24, 2.45) is 0 Å². The Labute approximate surface area is 211 Å². The summed E-state index contributed by atoms with van der Waals surface area (Å²) < 4.78 is 43.5. The van der Waals surface area contributed by atoms with E-state index in [2.05, 4.69) is 0 Å². The summed E-state index contributed by atoms with van der Waals surface area (Å²) in [6, 6.07) is 13.5. The van der Waals surface area contributed by atoms with E-state index in [1.807, 2.05) is 30.3 Å². The van der Waals surface area contributed by atoms with E-state index >= 15 is 0 Å². The predicted octanol–water partition coefficient (Wildman–Crippen LogP) is 4.29. The number of ether oxygens (including phenoxy) is 3. The van der Waals surface area contributed by atoms with E-state index in [0.29, 0.717) is 11.5 Å². The number of amides is 1. The third-order valence-electron chi connectivity index (χ3n) is 6.20. The smallest absolute Gasteiger partial charge is 0.409 e. The molecule has 1 atom stereocenters. The van der Waals surface area contributed by atoms with Gasteiger partial charge in [-0.2, -0.15) is 0 Å². The van der Waals surface area contributed by atoms with E-state index in [9.17, 15) is 23.1 Å². The SMILES string of the molecule is COc1ccc(S(=O)(=O)C(CCN(C)C(=O)OCc2ccccc2)CC(=O)O)cc1OC1CCCC1. The molecule has 0 aliphatic heterocycles. The Bertz CT molecular complexity index is 1130. The monoisotopic (exact) mass is 519 g/mol. The quantitative estimate of drug-likeness (QED) is 0.441. The maximum Gasteiger partial charge on any atom is 0.409 e. The summed E-state index contributed by atoms with van der Waals surface area (Å²) in [6.07, 6.45) is 2.56. The molecule has 2 aromatic carbocycles. The number of methoxy groups -OCH3 is 1. The Morgan fingerprint density at radius 1 is 1.08 bits per heavy atom. The highest BCUT2D eigenvalue weighted by atomic mass is 32.2. The van der Waals surface area contributed by atoms with Crippen LogP contribution in [0.3, 0.4) is 0 Å². The largest absolute Gasteiger partial charge is 0.493 e. The molecule has 0 saturated heterocycles. The van der Waals surface area contributed by atoms with Crippen LogP contribution in [-0.2, 0) is 26.0 Å². The molecule has 1 fully saturated rings. The second-order valence-electron chi connectivity index (χ2n) is 8.85. The summed E-state index contributed by atoms with van der Waals surface area (Å²) in [5.74, 6) is -0.508. The van der Waals surface area contributed by atoms with Crippen LogP contribution in [0.4, 0.5) is 4.79 Å². The molecule has 0 spiro atoms. The number of rotatable bonds is 12. The van der Waals surface area contributed by atoms with Crippen LogP contribution in [0.15, 0.2) is 53.4 Å². The third-order valence-corrected chi connectivity index (χ3v) is 8.39. The minimum Gasteiger partial charge on any atom is -0.493 e. The van der Waals surface area contributed by atoms with Crippen molar-refractivity contribution in [3.05, 3.63) is 54.1 Å². The van der Waals surface area contributed by atoms with Gasteiger partial charge in [0.25, 0.3) is 0 Å². The second kappa shape index (κ2) is 12.6. The van der Waals surface area contributed by atoms with Gasteiger partial charge in [0.15, 0.2) is 21.3 Å². The molecule has 1 aliphatic rings. The van der Waals surface area contributed by atoms with Crippen molar-refractivity contribution in [3.8, 4) is 11.5 Å². The van der Waals surface area contributed by atoms with Gasteiger partial charge in [0, 0.05) is 19.7 Å². The summed E-state index contributed by atoms with van der Waals surface area (Å²) >= 11 is 0. The number of carbonyl (C=O) groups is 2. The first-order valence-electron chi connectivity index (χ1n) is 11.9. The standard InChI is InChI=1S/C26H33NO8S/c1-27(26(30)34-18-19-8-4-3-5-9-19)15-14-22(17-25(28)29)36(31,32)21-12-13-23(33-2)24(16-21)35-20-10-6-7-11-20/h3-5,8-9,12-13,16,20,22H,6-7,10-11,14-15,17-18H2,1-2H3,(H,28,29). The van der Waals surface area contributed by atoms with Crippen molar-refractivity contribution in [1.29, 1.82) is 0 Å². The first-order chi connectivity index (χ1) is 17.2. The summed E-state index contributed by atoms with van der Waals surface area (Å²) in [5.41, 5.74) is 0.820. The maximum atomic E-state index is 13.5. The van der Waals surface area contributed by atoms with Crippen molar-refractivity contribution < 1.29 is 37.3 Å². The van der Waals surface area contributed by atoms with E-state index in [-0.39, 0.29) is 30.6 Å². The number of carboxylic acids is 1. The highest BCUT2D eigenvalue weighted by molar-refractivity contribution is 7.92. The Morgan fingerprint density at radius 2 is 1.78 bits per heavy atom. The zero-order valence-corrected chi connectivity index (χ0v) is 21.4. The number of carboxylic acid groups (broad SMARTS) is 1. The predicted molar refractivity (Wildman–Crippen MR) is 133 cm³/mol. The normalized spacial score (nSPS) is 14.7. The van der Waals surface area contributed by atoms with Crippen LogP contribution in [0.5, 0.6) is 11.5 Å². The molecule has 1 saturated carbocycles. The van der Waals surface area contributed by atoms with Gasteiger partial charge in [0.1, 0.15) is 6.61 Å². The van der Waals surface area contributed by atoms with Crippen LogP contribution < -0.4 is 9.47 Å². The Kier molecular flexibility index (Phi) is 9.58. The molecule has 36 heavy (non-hydrogen) atoms. The highest BCUT2D eigenvalue weighted by Crippen LogP contribution is 2.35. The first kappa shape index (κ1) is 27.3. The molecule has 3 rings (SSSR count). The lowest BCUT2D eigenvalue weighted by atomic mass is 10.2. The average Bonchev–Trinajstić information content (AvgIpc) is 3.38. The lowest BCUT2D eigenvalue weighted by molar-refractivity contribution is -0.137. The molecule has 0 bridgehead atoms. The summed E-state index contributed by atoms with van der Waals surface area (Å²) in [7, 11) is -1.09. The highest BCUT2D eigenvalue weighted by Gasteiger charge is 2.32. The molecule has 1 N–H and O–H groups in total. The fourth-order valence-electron chi connectivity index (χ4n) is 4.12. The lowest BCUT2D eigenvalue weighted by Gasteiger charge is -2.22. The zero-order chi connectivity index (χ0) is 26.1. The Morgan fingerprint density at radius 3 is 2.42 bits per heavy atom. The van der Waals surface area contributed by atoms with Gasteiger partial charge in [-0.3, -0.25) is 4.79 Å². The minimum atomic E-state index is -4.05. The average molecular weight is 520 g/mol. The van der Waals surface area contributed by atoms with Crippen molar-refractivity contribution in [2.45, 2.75) is 61.4 Å². The van der Waals surface area contributed by atoms with Crippen LogP contribution >= 0.6 is 0 Å². The molecule has 0 heterocycles. The second-order valence-corrected chi connectivity index (χ2v) is 11.1. The molecular formula is C26H33NO8S. The molecule has 0 aromatic heterocycles. The number of hydrogen-bond donors (Lipinski definition) is 1.